The van der Waals surface area contributed by atoms with E-state index < -0.39 is 15.5 Å². The topological polar surface area (TPSA) is 99.9 Å². The molecule has 1 atom stereocenters. The molecule has 0 bridgehead atoms. The van der Waals surface area contributed by atoms with Crippen LogP contribution in [0.4, 0.5) is 35.4 Å². The smallest absolute Gasteiger partial charge is 0.366 e. The Hall–Kier alpha value is -2.28. The second-order valence-electron chi connectivity index (χ2n) is 7.97. The van der Waals surface area contributed by atoms with Gasteiger partial charge in [0.05, 0.1) is 5.69 Å². The molecule has 0 saturated heterocycles. The number of anilines is 2. The van der Waals surface area contributed by atoms with E-state index in [9.17, 15) is 21.6 Å². The molecule has 0 saturated carbocycles. The molecule has 3 rings (SSSR count). The van der Waals surface area contributed by atoms with Crippen molar-refractivity contribution in [2.24, 2.45) is 10.2 Å². The van der Waals surface area contributed by atoms with Gasteiger partial charge < -0.3 is 4.90 Å². The average Bonchev–Trinajstić information content (AvgIpc) is 3.15. The van der Waals surface area contributed by atoms with E-state index in [4.69, 9.17) is 0 Å². The van der Waals surface area contributed by atoms with Gasteiger partial charge in [0.15, 0.2) is 0 Å². The van der Waals surface area contributed by atoms with E-state index in [1.165, 1.54) is 11.6 Å². The van der Waals surface area contributed by atoms with Crippen molar-refractivity contribution in [1.82, 2.24) is 10.2 Å². The number of halogens is 3. The predicted molar refractivity (Wildman–Crippen MR) is 114 cm³/mol. The molecular formula is C18H23F3N6O2S2. The summed E-state index contributed by atoms with van der Waals surface area (Å²) in [6.07, 6.45) is 1.64. The lowest BCUT2D eigenvalue weighted by molar-refractivity contribution is -0.0429. The van der Waals surface area contributed by atoms with Crippen LogP contribution in [-0.2, 0) is 10.0 Å². The van der Waals surface area contributed by atoms with Gasteiger partial charge in [-0.05, 0) is 50.3 Å². The molecule has 0 fully saturated rings. The summed E-state index contributed by atoms with van der Waals surface area (Å²) >= 11 is 1.09. The van der Waals surface area contributed by atoms with E-state index in [0.29, 0.717) is 12.2 Å². The SMILES string of the molecule is CCCN1c2cc(NS(=O)(=O)C(F)(F)F)c(N=Nc3nncs3)cc2C(C)CC1(C)C. The van der Waals surface area contributed by atoms with E-state index in [0.717, 1.165) is 29.7 Å². The van der Waals surface area contributed by atoms with Gasteiger partial charge in [0.2, 0.25) is 0 Å². The average molecular weight is 477 g/mol. The molecule has 0 radical (unpaired) electrons. The standard InChI is InChI=1S/C18H23F3N6O2S2/c1-5-6-27-15-8-14(26-31(28,29)18(19,20)21)13(23-25-16-24-22-10-30-16)7-12(15)11(2)9-17(27,3)4/h7-8,10-11,26H,5-6,9H2,1-4H3. The third kappa shape index (κ3) is 4.81. The number of rotatable bonds is 6. The van der Waals surface area contributed by atoms with Gasteiger partial charge in [0, 0.05) is 17.8 Å². The Bertz CT molecular complexity index is 1070. The molecule has 0 spiro atoms. The van der Waals surface area contributed by atoms with Crippen molar-refractivity contribution in [3.63, 3.8) is 0 Å². The maximum atomic E-state index is 13.1. The van der Waals surface area contributed by atoms with Crippen LogP contribution in [0.25, 0.3) is 0 Å². The Kier molecular flexibility index (Phi) is 6.29. The summed E-state index contributed by atoms with van der Waals surface area (Å²) in [4.78, 5) is 2.10. The van der Waals surface area contributed by atoms with Gasteiger partial charge in [-0.15, -0.1) is 20.4 Å². The number of nitrogens with one attached hydrogen (secondary N) is 1. The van der Waals surface area contributed by atoms with Crippen molar-refractivity contribution in [2.45, 2.75) is 57.5 Å². The molecule has 2 heterocycles. The van der Waals surface area contributed by atoms with Crippen LogP contribution in [0.2, 0.25) is 0 Å². The largest absolute Gasteiger partial charge is 0.516 e. The summed E-state index contributed by atoms with van der Waals surface area (Å²) in [5.74, 6) is 0.0851. The maximum absolute atomic E-state index is 13.1. The Morgan fingerprint density at radius 1 is 1.32 bits per heavy atom. The summed E-state index contributed by atoms with van der Waals surface area (Å²) in [6.45, 7) is 8.82. The van der Waals surface area contributed by atoms with Crippen LogP contribution in [0, 0.1) is 0 Å². The summed E-state index contributed by atoms with van der Waals surface area (Å²) in [7, 11) is -5.64. The first-order valence-corrected chi connectivity index (χ1v) is 11.9. The van der Waals surface area contributed by atoms with Crippen molar-refractivity contribution in [1.29, 1.82) is 0 Å². The monoisotopic (exact) mass is 476 g/mol. The first-order chi connectivity index (χ1) is 14.4. The molecule has 1 N–H and O–H groups in total. The minimum absolute atomic E-state index is 0.0234. The van der Waals surface area contributed by atoms with Gasteiger partial charge in [-0.3, -0.25) is 4.72 Å². The Morgan fingerprint density at radius 2 is 2.03 bits per heavy atom. The first kappa shape index (κ1) is 23.4. The van der Waals surface area contributed by atoms with E-state index in [1.807, 2.05) is 13.8 Å². The zero-order valence-electron chi connectivity index (χ0n) is 17.4. The van der Waals surface area contributed by atoms with Gasteiger partial charge in [0.1, 0.15) is 11.2 Å². The van der Waals surface area contributed by atoms with Crippen molar-refractivity contribution < 1.29 is 21.6 Å². The summed E-state index contributed by atoms with van der Waals surface area (Å²) in [5.41, 5.74) is -3.06. The minimum atomic E-state index is -5.64. The van der Waals surface area contributed by atoms with E-state index >= 15 is 0 Å². The molecule has 170 valence electrons. The van der Waals surface area contributed by atoms with Crippen LogP contribution in [0.1, 0.15) is 52.0 Å². The maximum Gasteiger partial charge on any atom is 0.516 e. The van der Waals surface area contributed by atoms with Crippen molar-refractivity contribution >= 4 is 43.6 Å². The van der Waals surface area contributed by atoms with Gasteiger partial charge >= 0.3 is 15.5 Å². The highest BCUT2D eigenvalue weighted by Crippen LogP contribution is 2.47. The van der Waals surface area contributed by atoms with Crippen LogP contribution >= 0.6 is 11.3 Å². The van der Waals surface area contributed by atoms with Gasteiger partial charge in [0.25, 0.3) is 5.13 Å². The highest BCUT2D eigenvalue weighted by Gasteiger charge is 2.46. The van der Waals surface area contributed by atoms with Gasteiger partial charge in [-0.1, -0.05) is 25.2 Å². The molecule has 1 aromatic heterocycles. The van der Waals surface area contributed by atoms with E-state index in [1.54, 1.807) is 10.8 Å². The fraction of sp³-hybridized carbons (Fsp3) is 0.556. The normalized spacial score (nSPS) is 18.9. The number of sulfonamides is 1. The van der Waals surface area contributed by atoms with Crippen molar-refractivity contribution in [2.75, 3.05) is 16.2 Å². The number of fused-ring (bicyclic) bond motifs is 1. The fourth-order valence-electron chi connectivity index (χ4n) is 3.84. The third-order valence-corrected chi connectivity index (χ3v) is 6.76. The van der Waals surface area contributed by atoms with Gasteiger partial charge in [-0.25, -0.2) is 0 Å². The molecule has 2 aromatic rings. The number of alkyl halides is 3. The van der Waals surface area contributed by atoms with E-state index in [-0.39, 0.29) is 28.0 Å². The second-order valence-corrected chi connectivity index (χ2v) is 10.5. The molecule has 1 aliphatic heterocycles. The predicted octanol–water partition coefficient (Wildman–Crippen LogP) is 5.72. The third-order valence-electron chi connectivity index (χ3n) is 5.09. The van der Waals surface area contributed by atoms with E-state index in [2.05, 4.69) is 39.2 Å². The van der Waals surface area contributed by atoms with Crippen molar-refractivity contribution in [3.05, 3.63) is 23.2 Å². The highest BCUT2D eigenvalue weighted by molar-refractivity contribution is 7.93. The number of aromatic nitrogens is 2. The summed E-state index contributed by atoms with van der Waals surface area (Å²) < 4.78 is 64.5. The second kappa shape index (κ2) is 8.34. The lowest BCUT2D eigenvalue weighted by Crippen LogP contribution is -2.48. The zero-order chi connectivity index (χ0) is 23.0. The molecular weight excluding hydrogens is 453 g/mol. The number of hydrogen-bond acceptors (Lipinski definition) is 8. The molecule has 13 heteroatoms. The Labute approximate surface area is 182 Å². The molecule has 1 aliphatic rings. The molecule has 0 aliphatic carbocycles. The highest BCUT2D eigenvalue weighted by atomic mass is 32.2. The lowest BCUT2D eigenvalue weighted by atomic mass is 9.79. The van der Waals surface area contributed by atoms with Crippen LogP contribution in [0.15, 0.2) is 27.9 Å². The Balaban J connectivity index is 2.17. The Morgan fingerprint density at radius 3 is 2.61 bits per heavy atom. The molecule has 31 heavy (non-hydrogen) atoms. The summed E-state index contributed by atoms with van der Waals surface area (Å²) in [5, 5.41) is 15.4. The minimum Gasteiger partial charge on any atom is -0.366 e. The van der Waals surface area contributed by atoms with Crippen LogP contribution < -0.4 is 9.62 Å². The first-order valence-electron chi connectivity index (χ1n) is 9.58. The van der Waals surface area contributed by atoms with Crippen molar-refractivity contribution in [3.8, 4) is 0 Å². The summed E-state index contributed by atoms with van der Waals surface area (Å²) in [6, 6.07) is 3.01. The molecule has 1 aromatic carbocycles. The molecule has 1 unspecified atom stereocenters. The molecule has 8 nitrogen and oxygen atoms in total. The van der Waals surface area contributed by atoms with Crippen LogP contribution in [0.5, 0.6) is 0 Å². The molecule has 0 amide bonds. The van der Waals surface area contributed by atoms with Crippen LogP contribution in [-0.4, -0.2) is 36.2 Å². The zero-order valence-corrected chi connectivity index (χ0v) is 19.1. The quantitative estimate of drug-likeness (QED) is 0.538. The number of azo groups is 1. The fourth-order valence-corrected chi connectivity index (χ4v) is 4.78. The number of hydrogen-bond donors (Lipinski definition) is 1. The van der Waals surface area contributed by atoms with Crippen LogP contribution in [0.3, 0.4) is 0 Å². The number of nitrogens with zero attached hydrogens (tertiary/aromatic N) is 5. The van der Waals surface area contributed by atoms with Gasteiger partial charge in [-0.2, -0.15) is 21.6 Å². The number of benzene rings is 1. The lowest BCUT2D eigenvalue weighted by Gasteiger charge is -2.47.